The number of fused-ring (bicyclic) bond motifs is 1. The molecule has 0 aliphatic carbocycles. The smallest absolute Gasteiger partial charge is 0.252 e. The predicted molar refractivity (Wildman–Crippen MR) is 124 cm³/mol. The first kappa shape index (κ1) is 22.0. The Morgan fingerprint density at radius 3 is 2.35 bits per heavy atom. The topological polar surface area (TPSA) is 66.8 Å². The Balaban J connectivity index is 1.73. The van der Waals surface area contributed by atoms with E-state index < -0.39 is 9.84 Å². The van der Waals surface area contributed by atoms with Gasteiger partial charge < -0.3 is 4.90 Å². The molecule has 2 atom stereocenters. The molecular formula is C23H25FN2O3S2. The zero-order valence-electron chi connectivity index (χ0n) is 17.5. The van der Waals surface area contributed by atoms with Gasteiger partial charge in [0.25, 0.3) is 5.91 Å². The maximum Gasteiger partial charge on any atom is 0.252 e. The number of carbonyl (C=O) groups is 1. The SMILES string of the molecule is CCc1cccc(CC)c1N1C(=NC(=O)Cc2ccc(F)cc2)S[C@@H]2CS(=O)(=O)C[C@H]21. The standard InChI is InChI=1S/C23H25FN2O3S2/c1-3-16-6-5-7-17(4-2)22(16)26-19-13-31(28,29)14-20(19)30-23(26)25-21(27)12-15-8-10-18(24)11-9-15/h5-11,19-20H,3-4,12-14H2,1-2H3/t19-,20-/m1/s1. The van der Waals surface area contributed by atoms with E-state index in [1.54, 1.807) is 12.1 Å². The van der Waals surface area contributed by atoms with Crippen molar-refractivity contribution >= 4 is 38.4 Å². The Labute approximate surface area is 186 Å². The number of para-hydroxylation sites is 1. The zero-order chi connectivity index (χ0) is 22.2. The third-order valence-electron chi connectivity index (χ3n) is 5.76. The number of nitrogens with zero attached hydrogens (tertiary/aromatic N) is 2. The number of hydrogen-bond donors (Lipinski definition) is 0. The minimum atomic E-state index is -3.13. The summed E-state index contributed by atoms with van der Waals surface area (Å²) in [5.41, 5.74) is 3.90. The van der Waals surface area contributed by atoms with Crippen molar-refractivity contribution in [1.29, 1.82) is 0 Å². The molecule has 0 aromatic heterocycles. The minimum Gasteiger partial charge on any atom is -0.315 e. The number of aliphatic imine (C=N–C) groups is 1. The second kappa shape index (κ2) is 8.74. The Morgan fingerprint density at radius 2 is 1.74 bits per heavy atom. The van der Waals surface area contributed by atoms with Crippen molar-refractivity contribution in [2.45, 2.75) is 44.4 Å². The molecule has 0 radical (unpaired) electrons. The summed E-state index contributed by atoms with van der Waals surface area (Å²) in [4.78, 5) is 19.2. The van der Waals surface area contributed by atoms with Crippen molar-refractivity contribution < 1.29 is 17.6 Å². The van der Waals surface area contributed by atoms with E-state index in [-0.39, 0.29) is 40.9 Å². The van der Waals surface area contributed by atoms with Crippen molar-refractivity contribution in [3.8, 4) is 0 Å². The molecule has 2 aliphatic rings. The summed E-state index contributed by atoms with van der Waals surface area (Å²) < 4.78 is 37.9. The molecule has 0 saturated carbocycles. The van der Waals surface area contributed by atoms with Crippen LogP contribution in [0.1, 0.15) is 30.5 Å². The first-order chi connectivity index (χ1) is 14.8. The van der Waals surface area contributed by atoms with Gasteiger partial charge in [0.2, 0.25) is 0 Å². The fourth-order valence-electron chi connectivity index (χ4n) is 4.27. The Morgan fingerprint density at radius 1 is 1.10 bits per heavy atom. The van der Waals surface area contributed by atoms with E-state index in [9.17, 15) is 17.6 Å². The average Bonchev–Trinajstić information content (AvgIpc) is 3.19. The van der Waals surface area contributed by atoms with Gasteiger partial charge in [0.15, 0.2) is 15.0 Å². The molecule has 4 rings (SSSR count). The molecular weight excluding hydrogens is 435 g/mol. The maximum atomic E-state index is 13.2. The van der Waals surface area contributed by atoms with Crippen LogP contribution in [0.25, 0.3) is 0 Å². The number of hydrogen-bond acceptors (Lipinski definition) is 4. The number of rotatable bonds is 5. The van der Waals surface area contributed by atoms with E-state index >= 15 is 0 Å². The fraction of sp³-hybridized carbons (Fsp3) is 0.391. The summed E-state index contributed by atoms with van der Waals surface area (Å²) in [5.74, 6) is -0.511. The number of amides is 1. The molecule has 0 bridgehead atoms. The zero-order valence-corrected chi connectivity index (χ0v) is 19.2. The van der Waals surface area contributed by atoms with E-state index in [4.69, 9.17) is 0 Å². The molecule has 2 aliphatic heterocycles. The lowest BCUT2D eigenvalue weighted by molar-refractivity contribution is -0.117. The second-order valence-corrected chi connectivity index (χ2v) is 11.3. The van der Waals surface area contributed by atoms with Gasteiger partial charge in [-0.2, -0.15) is 4.99 Å². The third kappa shape index (κ3) is 4.55. The summed E-state index contributed by atoms with van der Waals surface area (Å²) in [5, 5.41) is 0.421. The maximum absolute atomic E-state index is 13.2. The van der Waals surface area contributed by atoms with E-state index in [0.717, 1.165) is 29.7 Å². The molecule has 5 nitrogen and oxygen atoms in total. The van der Waals surface area contributed by atoms with Crippen LogP contribution in [0.15, 0.2) is 47.5 Å². The lowest BCUT2D eigenvalue weighted by Crippen LogP contribution is -2.39. The predicted octanol–water partition coefficient (Wildman–Crippen LogP) is 3.79. The summed E-state index contributed by atoms with van der Waals surface area (Å²) in [6.45, 7) is 4.14. The van der Waals surface area contributed by atoms with Gasteiger partial charge in [0.1, 0.15) is 5.82 Å². The number of amidine groups is 1. The highest BCUT2D eigenvalue weighted by Crippen LogP contribution is 2.43. The third-order valence-corrected chi connectivity index (χ3v) is 8.97. The molecule has 0 spiro atoms. The molecule has 2 aromatic rings. The van der Waals surface area contributed by atoms with Crippen LogP contribution in [-0.4, -0.2) is 42.3 Å². The van der Waals surface area contributed by atoms with Gasteiger partial charge in [-0.1, -0.05) is 55.9 Å². The lowest BCUT2D eigenvalue weighted by Gasteiger charge is -2.29. The number of anilines is 1. The van der Waals surface area contributed by atoms with Gasteiger partial charge in [0.05, 0.1) is 24.0 Å². The van der Waals surface area contributed by atoms with Gasteiger partial charge in [-0.25, -0.2) is 12.8 Å². The van der Waals surface area contributed by atoms with Crippen LogP contribution in [0.3, 0.4) is 0 Å². The van der Waals surface area contributed by atoms with E-state index in [1.165, 1.54) is 23.9 Å². The highest BCUT2D eigenvalue weighted by Gasteiger charge is 2.50. The molecule has 1 amide bonds. The van der Waals surface area contributed by atoms with Crippen molar-refractivity contribution in [3.05, 3.63) is 65.0 Å². The van der Waals surface area contributed by atoms with Gasteiger partial charge in [-0.15, -0.1) is 0 Å². The number of carbonyl (C=O) groups excluding carboxylic acids is 1. The molecule has 0 unspecified atom stereocenters. The molecule has 2 saturated heterocycles. The number of halogens is 1. The molecule has 8 heteroatoms. The Hall–Kier alpha value is -2.19. The van der Waals surface area contributed by atoms with Crippen LogP contribution in [-0.2, 0) is 33.9 Å². The molecule has 2 aromatic carbocycles. The largest absolute Gasteiger partial charge is 0.315 e. The summed E-state index contributed by atoms with van der Waals surface area (Å²) in [6, 6.07) is 11.7. The quantitative estimate of drug-likeness (QED) is 0.679. The van der Waals surface area contributed by atoms with Crippen LogP contribution < -0.4 is 4.90 Å². The number of sulfone groups is 1. The van der Waals surface area contributed by atoms with Crippen molar-refractivity contribution in [2.75, 3.05) is 16.4 Å². The van der Waals surface area contributed by atoms with Crippen molar-refractivity contribution in [3.63, 3.8) is 0 Å². The van der Waals surface area contributed by atoms with Crippen molar-refractivity contribution in [1.82, 2.24) is 0 Å². The van der Waals surface area contributed by atoms with Gasteiger partial charge in [-0.3, -0.25) is 4.79 Å². The van der Waals surface area contributed by atoms with Crippen molar-refractivity contribution in [2.24, 2.45) is 4.99 Å². The van der Waals surface area contributed by atoms with Gasteiger partial charge in [0, 0.05) is 10.9 Å². The minimum absolute atomic E-state index is 0.0665. The number of thioether (sulfide) groups is 1. The molecule has 2 heterocycles. The van der Waals surface area contributed by atoms with E-state index in [2.05, 4.69) is 18.8 Å². The summed E-state index contributed by atoms with van der Waals surface area (Å²) >= 11 is 1.38. The van der Waals surface area contributed by atoms with Gasteiger partial charge in [-0.05, 0) is 41.7 Å². The number of aryl methyl sites for hydroxylation is 2. The van der Waals surface area contributed by atoms with Gasteiger partial charge >= 0.3 is 0 Å². The van der Waals surface area contributed by atoms with Crippen LogP contribution in [0.2, 0.25) is 0 Å². The first-order valence-corrected chi connectivity index (χ1v) is 13.1. The highest BCUT2D eigenvalue weighted by molar-refractivity contribution is 8.16. The summed E-state index contributed by atoms with van der Waals surface area (Å²) in [7, 11) is -3.13. The monoisotopic (exact) mass is 460 g/mol. The Kier molecular flexibility index (Phi) is 6.21. The fourth-order valence-corrected chi connectivity index (χ4v) is 8.19. The van der Waals surface area contributed by atoms with Crippen LogP contribution in [0.4, 0.5) is 10.1 Å². The molecule has 31 heavy (non-hydrogen) atoms. The number of benzene rings is 2. The van der Waals surface area contributed by atoms with Crippen LogP contribution in [0, 0.1) is 5.82 Å². The molecule has 164 valence electrons. The normalized spacial score (nSPS) is 23.3. The van der Waals surface area contributed by atoms with Crippen LogP contribution in [0.5, 0.6) is 0 Å². The summed E-state index contributed by atoms with van der Waals surface area (Å²) in [6.07, 6.45) is 1.67. The van der Waals surface area contributed by atoms with E-state index in [0.29, 0.717) is 10.7 Å². The highest BCUT2D eigenvalue weighted by atomic mass is 32.2. The van der Waals surface area contributed by atoms with Crippen LogP contribution >= 0.6 is 11.8 Å². The molecule has 2 fully saturated rings. The second-order valence-electron chi connectivity index (χ2n) is 7.89. The van der Waals surface area contributed by atoms with E-state index in [1.807, 2.05) is 23.1 Å². The Bertz CT molecular complexity index is 1110. The molecule has 0 N–H and O–H groups in total. The lowest BCUT2D eigenvalue weighted by atomic mass is 10.0. The average molecular weight is 461 g/mol. The first-order valence-electron chi connectivity index (χ1n) is 10.4.